The monoisotopic (exact) mass is 310 g/mol. The lowest BCUT2D eigenvalue weighted by Crippen LogP contribution is -2.37. The van der Waals surface area contributed by atoms with E-state index in [9.17, 15) is 8.42 Å². The van der Waals surface area contributed by atoms with Crippen LogP contribution in [0.25, 0.3) is 0 Å². The summed E-state index contributed by atoms with van der Waals surface area (Å²) < 4.78 is 26.0. The summed E-state index contributed by atoms with van der Waals surface area (Å²) in [4.78, 5) is 0. The predicted molar refractivity (Wildman–Crippen MR) is 81.3 cm³/mol. The lowest BCUT2D eigenvalue weighted by Gasteiger charge is -2.16. The molecule has 2 aliphatic rings. The third-order valence-corrected chi connectivity index (χ3v) is 5.44. The topological polar surface area (TPSA) is 58.2 Å². The Labute approximate surface area is 123 Å². The first-order valence-electron chi connectivity index (χ1n) is 7.36. The number of nitrogens with one attached hydrogen (secondary N) is 2. The van der Waals surface area contributed by atoms with Crippen LogP contribution in [-0.4, -0.2) is 33.3 Å². The lowest BCUT2D eigenvalue weighted by molar-refractivity contribution is 0.461. The summed E-state index contributed by atoms with van der Waals surface area (Å²) in [6.07, 6.45) is 9.99. The zero-order valence-corrected chi connectivity index (χ0v) is 13.2. The second kappa shape index (κ2) is 8.45. The number of sulfonamides is 1. The van der Waals surface area contributed by atoms with Crippen LogP contribution in [0, 0.1) is 5.92 Å². The molecule has 0 heterocycles. The minimum atomic E-state index is -3.02. The van der Waals surface area contributed by atoms with E-state index in [1.165, 1.54) is 38.5 Å². The van der Waals surface area contributed by atoms with Gasteiger partial charge in [0.2, 0.25) is 10.0 Å². The highest BCUT2D eigenvalue weighted by atomic mass is 35.5. The van der Waals surface area contributed by atoms with Crippen LogP contribution in [0.2, 0.25) is 0 Å². The molecule has 2 rings (SSSR count). The molecule has 0 aromatic rings. The standard InChI is InChI=1S/C13H26N2O2S.ClH/c16-18(17,11-12-7-8-12)15-10-9-14-13-5-3-1-2-4-6-13;/h12-15H,1-11H2;1H. The minimum Gasteiger partial charge on any atom is -0.313 e. The van der Waals surface area contributed by atoms with Gasteiger partial charge >= 0.3 is 0 Å². The highest BCUT2D eigenvalue weighted by Gasteiger charge is 2.27. The van der Waals surface area contributed by atoms with Crippen LogP contribution < -0.4 is 10.0 Å². The molecule has 19 heavy (non-hydrogen) atoms. The van der Waals surface area contributed by atoms with Gasteiger partial charge in [-0.3, -0.25) is 0 Å². The molecular formula is C13H27ClN2O2S. The molecule has 0 saturated heterocycles. The van der Waals surface area contributed by atoms with Crippen LogP contribution in [0.4, 0.5) is 0 Å². The molecule has 4 nitrogen and oxygen atoms in total. The fourth-order valence-electron chi connectivity index (χ4n) is 2.62. The molecule has 0 unspecified atom stereocenters. The first-order valence-corrected chi connectivity index (χ1v) is 9.02. The fourth-order valence-corrected chi connectivity index (χ4v) is 4.10. The van der Waals surface area contributed by atoms with Gasteiger partial charge in [-0.1, -0.05) is 25.7 Å². The van der Waals surface area contributed by atoms with Crippen LogP contribution in [-0.2, 0) is 10.0 Å². The quantitative estimate of drug-likeness (QED) is 0.559. The van der Waals surface area contributed by atoms with E-state index in [1.54, 1.807) is 0 Å². The van der Waals surface area contributed by atoms with Gasteiger partial charge in [0, 0.05) is 19.1 Å². The Balaban J connectivity index is 0.00000180. The smallest absolute Gasteiger partial charge is 0.211 e. The molecular weight excluding hydrogens is 284 g/mol. The normalized spacial score (nSPS) is 21.7. The number of hydrogen-bond donors (Lipinski definition) is 2. The van der Waals surface area contributed by atoms with Gasteiger partial charge in [0.05, 0.1) is 5.75 Å². The SMILES string of the molecule is Cl.O=S(=O)(CC1CC1)NCCNC1CCCCCC1. The first-order chi connectivity index (χ1) is 8.66. The Morgan fingerprint density at radius 2 is 1.53 bits per heavy atom. The Kier molecular flexibility index (Phi) is 7.65. The summed E-state index contributed by atoms with van der Waals surface area (Å²) in [7, 11) is -3.02. The third kappa shape index (κ3) is 7.49. The summed E-state index contributed by atoms with van der Waals surface area (Å²) in [6, 6.07) is 0.598. The second-order valence-electron chi connectivity index (χ2n) is 5.76. The van der Waals surface area contributed by atoms with Crippen LogP contribution in [0.3, 0.4) is 0 Å². The molecule has 0 radical (unpaired) electrons. The van der Waals surface area contributed by atoms with Crippen molar-refractivity contribution in [2.75, 3.05) is 18.8 Å². The summed E-state index contributed by atoms with van der Waals surface area (Å²) in [5, 5.41) is 3.48. The van der Waals surface area contributed by atoms with Crippen molar-refractivity contribution in [1.82, 2.24) is 10.0 Å². The minimum absolute atomic E-state index is 0. The van der Waals surface area contributed by atoms with E-state index in [2.05, 4.69) is 10.0 Å². The Hall–Kier alpha value is 0.160. The first kappa shape index (κ1) is 17.2. The van der Waals surface area contributed by atoms with E-state index in [0.717, 1.165) is 19.4 Å². The van der Waals surface area contributed by atoms with Gasteiger partial charge in [-0.25, -0.2) is 13.1 Å². The van der Waals surface area contributed by atoms with Crippen molar-refractivity contribution in [1.29, 1.82) is 0 Å². The zero-order valence-electron chi connectivity index (χ0n) is 11.6. The lowest BCUT2D eigenvalue weighted by atomic mass is 10.1. The fraction of sp³-hybridized carbons (Fsp3) is 1.00. The maximum absolute atomic E-state index is 11.6. The Morgan fingerprint density at radius 3 is 2.11 bits per heavy atom. The van der Waals surface area contributed by atoms with E-state index in [1.807, 2.05) is 0 Å². The molecule has 0 aromatic heterocycles. The molecule has 0 bridgehead atoms. The molecule has 0 amide bonds. The molecule has 0 spiro atoms. The molecule has 0 atom stereocenters. The highest BCUT2D eigenvalue weighted by molar-refractivity contribution is 7.89. The maximum Gasteiger partial charge on any atom is 0.211 e. The molecule has 0 aromatic carbocycles. The van der Waals surface area contributed by atoms with Crippen molar-refractivity contribution in [3.8, 4) is 0 Å². The zero-order chi connectivity index (χ0) is 12.8. The summed E-state index contributed by atoms with van der Waals surface area (Å²) in [5.74, 6) is 0.758. The molecule has 2 saturated carbocycles. The van der Waals surface area contributed by atoms with E-state index >= 15 is 0 Å². The van der Waals surface area contributed by atoms with Gasteiger partial charge in [0.15, 0.2) is 0 Å². The Bertz CT molecular complexity index is 337. The van der Waals surface area contributed by atoms with Crippen molar-refractivity contribution in [2.45, 2.75) is 57.4 Å². The predicted octanol–water partition coefficient (Wildman–Crippen LogP) is 2.05. The number of halogens is 1. The molecule has 2 aliphatic carbocycles. The Morgan fingerprint density at radius 1 is 0.895 bits per heavy atom. The van der Waals surface area contributed by atoms with Crippen LogP contribution in [0.15, 0.2) is 0 Å². The molecule has 2 N–H and O–H groups in total. The van der Waals surface area contributed by atoms with Crippen molar-refractivity contribution in [2.24, 2.45) is 5.92 Å². The van der Waals surface area contributed by atoms with Crippen molar-refractivity contribution in [3.05, 3.63) is 0 Å². The van der Waals surface area contributed by atoms with Crippen molar-refractivity contribution >= 4 is 22.4 Å². The molecule has 0 aliphatic heterocycles. The second-order valence-corrected chi connectivity index (χ2v) is 7.61. The summed E-state index contributed by atoms with van der Waals surface area (Å²) >= 11 is 0. The third-order valence-electron chi connectivity index (χ3n) is 3.89. The van der Waals surface area contributed by atoms with Gasteiger partial charge in [0.25, 0.3) is 0 Å². The van der Waals surface area contributed by atoms with Crippen molar-refractivity contribution < 1.29 is 8.42 Å². The van der Waals surface area contributed by atoms with E-state index < -0.39 is 10.0 Å². The van der Waals surface area contributed by atoms with E-state index in [0.29, 0.717) is 24.3 Å². The van der Waals surface area contributed by atoms with Gasteiger partial charge in [0.1, 0.15) is 0 Å². The highest BCUT2D eigenvalue weighted by Crippen LogP contribution is 2.29. The van der Waals surface area contributed by atoms with E-state index in [-0.39, 0.29) is 12.4 Å². The average molecular weight is 311 g/mol. The van der Waals surface area contributed by atoms with Crippen LogP contribution in [0.1, 0.15) is 51.4 Å². The van der Waals surface area contributed by atoms with Crippen LogP contribution in [0.5, 0.6) is 0 Å². The molecule has 2 fully saturated rings. The van der Waals surface area contributed by atoms with Crippen molar-refractivity contribution in [3.63, 3.8) is 0 Å². The number of rotatable bonds is 7. The molecule has 6 heteroatoms. The van der Waals surface area contributed by atoms with Gasteiger partial charge in [-0.15, -0.1) is 12.4 Å². The largest absolute Gasteiger partial charge is 0.313 e. The molecule has 114 valence electrons. The van der Waals surface area contributed by atoms with Gasteiger partial charge < -0.3 is 5.32 Å². The summed E-state index contributed by atoms with van der Waals surface area (Å²) in [6.45, 7) is 1.29. The van der Waals surface area contributed by atoms with Gasteiger partial charge in [-0.05, 0) is 31.6 Å². The number of hydrogen-bond acceptors (Lipinski definition) is 3. The average Bonchev–Trinajstić information content (AvgIpc) is 3.11. The van der Waals surface area contributed by atoms with Crippen LogP contribution >= 0.6 is 12.4 Å². The summed E-state index contributed by atoms with van der Waals surface area (Å²) in [5.41, 5.74) is 0. The van der Waals surface area contributed by atoms with E-state index in [4.69, 9.17) is 0 Å². The maximum atomic E-state index is 11.6. The van der Waals surface area contributed by atoms with Gasteiger partial charge in [-0.2, -0.15) is 0 Å².